The lowest BCUT2D eigenvalue weighted by Crippen LogP contribution is -2.41. The van der Waals surface area contributed by atoms with Gasteiger partial charge in [0.1, 0.15) is 0 Å². The highest BCUT2D eigenvalue weighted by atomic mass is 35.5. The van der Waals surface area contributed by atoms with Gasteiger partial charge in [0.25, 0.3) is 0 Å². The fraction of sp³-hybridized carbons (Fsp3) is 0.533. The van der Waals surface area contributed by atoms with Crippen molar-refractivity contribution in [2.24, 2.45) is 0 Å². The number of para-hydroxylation sites is 1. The van der Waals surface area contributed by atoms with Crippen molar-refractivity contribution in [2.75, 3.05) is 31.5 Å². The zero-order valence-corrected chi connectivity index (χ0v) is 12.6. The molecule has 2 rings (SSSR count). The molecule has 0 saturated carbocycles. The van der Waals surface area contributed by atoms with Crippen LogP contribution < -0.4 is 10.6 Å². The molecule has 2 N–H and O–H groups in total. The van der Waals surface area contributed by atoms with E-state index >= 15 is 0 Å². The lowest BCUT2D eigenvalue weighted by atomic mass is 10.2. The Morgan fingerprint density at radius 3 is 2.95 bits per heavy atom. The molecule has 1 fully saturated rings. The number of rotatable bonds is 6. The number of hydrogen-bond acceptors (Lipinski definition) is 3. The first-order chi connectivity index (χ1) is 9.69. The molecular weight excluding hydrogens is 274 g/mol. The van der Waals surface area contributed by atoms with E-state index in [1.165, 1.54) is 12.8 Å². The van der Waals surface area contributed by atoms with Gasteiger partial charge in [0.2, 0.25) is 5.91 Å². The van der Waals surface area contributed by atoms with E-state index in [9.17, 15) is 4.79 Å². The van der Waals surface area contributed by atoms with Crippen LogP contribution in [0.4, 0.5) is 5.69 Å². The van der Waals surface area contributed by atoms with Gasteiger partial charge in [0.05, 0.1) is 17.3 Å². The van der Waals surface area contributed by atoms with Crippen LogP contribution in [-0.4, -0.2) is 43.0 Å². The van der Waals surface area contributed by atoms with Crippen LogP contribution in [0.5, 0.6) is 0 Å². The second-order valence-corrected chi connectivity index (χ2v) is 5.56. The molecule has 1 aromatic rings. The zero-order chi connectivity index (χ0) is 14.4. The van der Waals surface area contributed by atoms with Crippen molar-refractivity contribution in [3.05, 3.63) is 29.3 Å². The number of benzene rings is 1. The fourth-order valence-corrected chi connectivity index (χ4v) is 2.67. The summed E-state index contributed by atoms with van der Waals surface area (Å²) in [7, 11) is 0. The van der Waals surface area contributed by atoms with Crippen molar-refractivity contribution in [3.8, 4) is 0 Å². The third-order valence-corrected chi connectivity index (χ3v) is 3.93. The maximum atomic E-state index is 12.1. The van der Waals surface area contributed by atoms with Gasteiger partial charge in [0, 0.05) is 12.6 Å². The Hall–Kier alpha value is -1.10. The van der Waals surface area contributed by atoms with Gasteiger partial charge < -0.3 is 10.6 Å². The smallest absolute Gasteiger partial charge is 0.238 e. The van der Waals surface area contributed by atoms with Crippen molar-refractivity contribution in [3.63, 3.8) is 0 Å². The minimum absolute atomic E-state index is 0.0158. The SMILES string of the molecule is CCN(CC(=O)Nc1ccccc1Cl)CC1CCCN1. The van der Waals surface area contributed by atoms with E-state index in [4.69, 9.17) is 11.6 Å². The summed E-state index contributed by atoms with van der Waals surface area (Å²) >= 11 is 6.04. The second kappa shape index (κ2) is 7.62. The summed E-state index contributed by atoms with van der Waals surface area (Å²) in [5, 5.41) is 6.90. The summed E-state index contributed by atoms with van der Waals surface area (Å²) in [6, 6.07) is 7.82. The topological polar surface area (TPSA) is 44.4 Å². The summed E-state index contributed by atoms with van der Waals surface area (Å²) < 4.78 is 0. The fourth-order valence-electron chi connectivity index (χ4n) is 2.49. The van der Waals surface area contributed by atoms with Crippen LogP contribution in [0.15, 0.2) is 24.3 Å². The van der Waals surface area contributed by atoms with Crippen LogP contribution in [0.25, 0.3) is 0 Å². The van der Waals surface area contributed by atoms with E-state index < -0.39 is 0 Å². The second-order valence-electron chi connectivity index (χ2n) is 5.15. The van der Waals surface area contributed by atoms with Gasteiger partial charge in [-0.25, -0.2) is 0 Å². The van der Waals surface area contributed by atoms with Crippen molar-refractivity contribution in [1.29, 1.82) is 0 Å². The summed E-state index contributed by atoms with van der Waals surface area (Å²) in [4.78, 5) is 14.2. The maximum absolute atomic E-state index is 12.1. The average Bonchev–Trinajstić information content (AvgIpc) is 2.93. The highest BCUT2D eigenvalue weighted by molar-refractivity contribution is 6.33. The first kappa shape index (κ1) is 15.3. The highest BCUT2D eigenvalue weighted by Crippen LogP contribution is 2.20. The molecule has 20 heavy (non-hydrogen) atoms. The number of anilines is 1. The molecule has 4 nitrogen and oxygen atoms in total. The molecule has 1 atom stereocenters. The molecule has 1 aromatic carbocycles. The van der Waals surface area contributed by atoms with Crippen LogP contribution in [0, 0.1) is 0 Å². The van der Waals surface area contributed by atoms with Crippen LogP contribution in [0.1, 0.15) is 19.8 Å². The normalized spacial score (nSPS) is 18.4. The molecule has 0 aliphatic carbocycles. The molecule has 1 amide bonds. The third-order valence-electron chi connectivity index (χ3n) is 3.60. The molecule has 0 aromatic heterocycles. The lowest BCUT2D eigenvalue weighted by Gasteiger charge is -2.23. The molecule has 1 heterocycles. The number of halogens is 1. The van der Waals surface area contributed by atoms with Crippen LogP contribution >= 0.6 is 11.6 Å². The molecule has 0 bridgehead atoms. The van der Waals surface area contributed by atoms with E-state index in [1.807, 2.05) is 18.2 Å². The molecule has 1 aliphatic heterocycles. The highest BCUT2D eigenvalue weighted by Gasteiger charge is 2.18. The van der Waals surface area contributed by atoms with Crippen LogP contribution in [0.2, 0.25) is 5.02 Å². The summed E-state index contributed by atoms with van der Waals surface area (Å²) in [5.74, 6) is -0.0158. The maximum Gasteiger partial charge on any atom is 0.238 e. The minimum atomic E-state index is -0.0158. The Balaban J connectivity index is 1.84. The van der Waals surface area contributed by atoms with Gasteiger partial charge in [-0.2, -0.15) is 0 Å². The molecule has 1 aliphatic rings. The Kier molecular flexibility index (Phi) is 5.83. The molecule has 1 unspecified atom stereocenters. The summed E-state index contributed by atoms with van der Waals surface area (Å²) in [5.41, 5.74) is 0.675. The number of nitrogens with one attached hydrogen (secondary N) is 2. The first-order valence-corrected chi connectivity index (χ1v) is 7.57. The molecule has 0 radical (unpaired) electrons. The standard InChI is InChI=1S/C15H22ClN3O/c1-2-19(10-12-6-5-9-17-12)11-15(20)18-14-8-4-3-7-13(14)16/h3-4,7-8,12,17H,2,5-6,9-11H2,1H3,(H,18,20). The molecule has 110 valence electrons. The van der Waals surface area contributed by atoms with E-state index in [-0.39, 0.29) is 5.91 Å². The zero-order valence-electron chi connectivity index (χ0n) is 11.9. The molecular formula is C15H22ClN3O. The van der Waals surface area contributed by atoms with Crippen molar-refractivity contribution >= 4 is 23.2 Å². The van der Waals surface area contributed by atoms with E-state index in [2.05, 4.69) is 22.5 Å². The van der Waals surface area contributed by atoms with Gasteiger partial charge >= 0.3 is 0 Å². The average molecular weight is 296 g/mol. The number of nitrogens with zero attached hydrogens (tertiary/aromatic N) is 1. The van der Waals surface area contributed by atoms with Gasteiger partial charge in [0.15, 0.2) is 0 Å². The number of hydrogen-bond donors (Lipinski definition) is 2. The Morgan fingerprint density at radius 1 is 1.50 bits per heavy atom. The molecule has 0 spiro atoms. The Labute approximate surface area is 125 Å². The Morgan fingerprint density at radius 2 is 2.30 bits per heavy atom. The predicted molar refractivity (Wildman–Crippen MR) is 83.2 cm³/mol. The predicted octanol–water partition coefficient (Wildman–Crippen LogP) is 2.35. The van der Waals surface area contributed by atoms with E-state index in [1.54, 1.807) is 6.07 Å². The molecule has 1 saturated heterocycles. The minimum Gasteiger partial charge on any atom is -0.324 e. The molecule has 5 heteroatoms. The first-order valence-electron chi connectivity index (χ1n) is 7.19. The van der Waals surface area contributed by atoms with Crippen LogP contribution in [-0.2, 0) is 4.79 Å². The quantitative estimate of drug-likeness (QED) is 0.847. The largest absolute Gasteiger partial charge is 0.324 e. The summed E-state index contributed by atoms with van der Waals surface area (Å²) in [6.45, 7) is 5.37. The van der Waals surface area contributed by atoms with Gasteiger partial charge in [-0.3, -0.25) is 9.69 Å². The van der Waals surface area contributed by atoms with Crippen molar-refractivity contribution < 1.29 is 4.79 Å². The van der Waals surface area contributed by atoms with E-state index in [0.717, 1.165) is 19.6 Å². The summed E-state index contributed by atoms with van der Waals surface area (Å²) in [6.07, 6.45) is 2.43. The van der Waals surface area contributed by atoms with E-state index in [0.29, 0.717) is 23.3 Å². The number of likely N-dealkylation sites (N-methyl/N-ethyl adjacent to an activating group) is 1. The van der Waals surface area contributed by atoms with Gasteiger partial charge in [-0.15, -0.1) is 0 Å². The van der Waals surface area contributed by atoms with Crippen molar-refractivity contribution in [2.45, 2.75) is 25.8 Å². The Bertz CT molecular complexity index is 446. The van der Waals surface area contributed by atoms with Crippen molar-refractivity contribution in [1.82, 2.24) is 10.2 Å². The number of carbonyl (C=O) groups is 1. The monoisotopic (exact) mass is 295 g/mol. The third kappa shape index (κ3) is 4.47. The number of carbonyl (C=O) groups excluding carboxylic acids is 1. The number of amides is 1. The van der Waals surface area contributed by atoms with Gasteiger partial charge in [-0.1, -0.05) is 30.7 Å². The lowest BCUT2D eigenvalue weighted by molar-refractivity contribution is -0.117. The van der Waals surface area contributed by atoms with Crippen LogP contribution in [0.3, 0.4) is 0 Å². The van der Waals surface area contributed by atoms with Gasteiger partial charge in [-0.05, 0) is 38.1 Å².